The molecule has 0 aromatic heterocycles. The van der Waals surface area contributed by atoms with Crippen LogP contribution in [0.4, 0.5) is 4.39 Å². The molecule has 2 aromatic rings. The summed E-state index contributed by atoms with van der Waals surface area (Å²) in [5.74, 6) is 0.200. The van der Waals surface area contributed by atoms with Crippen molar-refractivity contribution < 1.29 is 4.39 Å². The highest BCUT2D eigenvalue weighted by molar-refractivity contribution is 6.32. The van der Waals surface area contributed by atoms with Gasteiger partial charge < -0.3 is 0 Å². The van der Waals surface area contributed by atoms with E-state index in [1.807, 2.05) is 18.2 Å². The summed E-state index contributed by atoms with van der Waals surface area (Å²) in [6, 6.07) is 11.8. The quantitative estimate of drug-likeness (QED) is 0.562. The van der Waals surface area contributed by atoms with Crippen LogP contribution in [0.1, 0.15) is 11.1 Å². The SMILES string of the molecule is Fc1ccc(CC(CCl)(CCl)c2ccccc2Cl)c(Cl)c1. The fourth-order valence-electron chi connectivity index (χ4n) is 2.29. The molecular weight excluding hydrogens is 353 g/mol. The lowest BCUT2D eigenvalue weighted by atomic mass is 9.78. The molecule has 112 valence electrons. The summed E-state index contributed by atoms with van der Waals surface area (Å²) in [6.07, 6.45) is 0.489. The number of benzene rings is 2. The standard InChI is InChI=1S/C16H13Cl4F/c17-9-16(10-18,13-3-1-2-4-14(13)19)8-11-5-6-12(21)7-15(11)20/h1-7H,8-10H2. The lowest BCUT2D eigenvalue weighted by molar-refractivity contribution is 0.535. The van der Waals surface area contributed by atoms with Crippen LogP contribution >= 0.6 is 46.4 Å². The van der Waals surface area contributed by atoms with Gasteiger partial charge >= 0.3 is 0 Å². The third kappa shape index (κ3) is 3.65. The minimum Gasteiger partial charge on any atom is -0.207 e. The summed E-state index contributed by atoms with van der Waals surface area (Å²) in [4.78, 5) is 0. The number of hydrogen-bond donors (Lipinski definition) is 0. The van der Waals surface area contributed by atoms with Crippen molar-refractivity contribution in [2.45, 2.75) is 11.8 Å². The zero-order valence-corrected chi connectivity index (χ0v) is 14.1. The molecule has 5 heteroatoms. The average molecular weight is 366 g/mol. The molecule has 0 nitrogen and oxygen atoms in total. The Balaban J connectivity index is 2.46. The third-order valence-electron chi connectivity index (χ3n) is 3.50. The van der Waals surface area contributed by atoms with Crippen molar-refractivity contribution in [3.63, 3.8) is 0 Å². The minimum absolute atomic E-state index is 0.286. The summed E-state index contributed by atoms with van der Waals surface area (Å²) in [7, 11) is 0. The van der Waals surface area contributed by atoms with E-state index in [9.17, 15) is 4.39 Å². The van der Waals surface area contributed by atoms with Gasteiger partial charge in [-0.15, -0.1) is 23.2 Å². The van der Waals surface area contributed by atoms with Gasteiger partial charge in [0.15, 0.2) is 0 Å². The van der Waals surface area contributed by atoms with Gasteiger partial charge in [-0.3, -0.25) is 0 Å². The van der Waals surface area contributed by atoms with Crippen molar-refractivity contribution in [1.29, 1.82) is 0 Å². The van der Waals surface area contributed by atoms with Crippen molar-refractivity contribution in [3.05, 3.63) is 69.5 Å². The zero-order chi connectivity index (χ0) is 15.5. The maximum absolute atomic E-state index is 13.2. The number of rotatable bonds is 5. The first-order chi connectivity index (χ1) is 10.0. The van der Waals surface area contributed by atoms with Crippen LogP contribution in [0.2, 0.25) is 10.0 Å². The van der Waals surface area contributed by atoms with Gasteiger partial charge in [0.25, 0.3) is 0 Å². The maximum atomic E-state index is 13.2. The summed E-state index contributed by atoms with van der Waals surface area (Å²) >= 11 is 24.8. The van der Waals surface area contributed by atoms with E-state index in [-0.39, 0.29) is 17.6 Å². The van der Waals surface area contributed by atoms with Crippen LogP contribution in [0.15, 0.2) is 42.5 Å². The van der Waals surface area contributed by atoms with Gasteiger partial charge in [0.05, 0.1) is 0 Å². The second-order valence-corrected chi connectivity index (χ2v) is 6.29. The normalized spacial score (nSPS) is 11.7. The van der Waals surface area contributed by atoms with Gasteiger partial charge in [-0.05, 0) is 35.7 Å². The molecule has 0 atom stereocenters. The predicted molar refractivity (Wildman–Crippen MR) is 89.7 cm³/mol. The van der Waals surface area contributed by atoms with Gasteiger partial charge in [0.1, 0.15) is 5.82 Å². The van der Waals surface area contributed by atoms with Crippen LogP contribution < -0.4 is 0 Å². The van der Waals surface area contributed by atoms with Gasteiger partial charge in [0, 0.05) is 27.2 Å². The van der Waals surface area contributed by atoms with E-state index >= 15 is 0 Å². The van der Waals surface area contributed by atoms with Crippen LogP contribution in [0, 0.1) is 5.82 Å². The topological polar surface area (TPSA) is 0 Å². The van der Waals surface area contributed by atoms with E-state index < -0.39 is 5.41 Å². The second kappa shape index (κ2) is 7.19. The molecule has 0 heterocycles. The van der Waals surface area contributed by atoms with E-state index in [1.54, 1.807) is 12.1 Å². The average Bonchev–Trinajstić information content (AvgIpc) is 2.48. The largest absolute Gasteiger partial charge is 0.207 e. The number of hydrogen-bond acceptors (Lipinski definition) is 0. The van der Waals surface area contributed by atoms with E-state index in [4.69, 9.17) is 46.4 Å². The molecule has 2 rings (SSSR count). The Bertz CT molecular complexity index is 623. The van der Waals surface area contributed by atoms with Crippen LogP contribution in [0.5, 0.6) is 0 Å². The summed E-state index contributed by atoms with van der Waals surface area (Å²) < 4.78 is 13.2. The molecule has 0 aliphatic carbocycles. The van der Waals surface area contributed by atoms with Crippen molar-refractivity contribution in [2.24, 2.45) is 0 Å². The molecule has 2 aromatic carbocycles. The fraction of sp³-hybridized carbons (Fsp3) is 0.250. The maximum Gasteiger partial charge on any atom is 0.124 e. The molecule has 0 saturated heterocycles. The minimum atomic E-state index is -0.553. The monoisotopic (exact) mass is 364 g/mol. The molecule has 0 spiro atoms. The molecule has 0 aliphatic heterocycles. The van der Waals surface area contributed by atoms with Crippen molar-refractivity contribution >= 4 is 46.4 Å². The lowest BCUT2D eigenvalue weighted by Gasteiger charge is -2.31. The highest BCUT2D eigenvalue weighted by atomic mass is 35.5. The lowest BCUT2D eigenvalue weighted by Crippen LogP contribution is -2.33. The Labute approximate surface area is 143 Å². The Kier molecular flexibility index (Phi) is 5.79. The molecule has 0 bridgehead atoms. The predicted octanol–water partition coefficient (Wildman–Crippen LogP) is 6.09. The summed E-state index contributed by atoms with van der Waals surface area (Å²) in [5.41, 5.74) is 1.11. The third-order valence-corrected chi connectivity index (χ3v) is 5.21. The molecule has 0 radical (unpaired) electrons. The molecule has 0 unspecified atom stereocenters. The van der Waals surface area contributed by atoms with Gasteiger partial charge in [-0.2, -0.15) is 0 Å². The first-order valence-electron chi connectivity index (χ1n) is 6.33. The van der Waals surface area contributed by atoms with Crippen LogP contribution in [-0.4, -0.2) is 11.8 Å². The van der Waals surface area contributed by atoms with Crippen LogP contribution in [-0.2, 0) is 11.8 Å². The van der Waals surface area contributed by atoms with Gasteiger partial charge in [0.2, 0.25) is 0 Å². The Morgan fingerprint density at radius 1 is 0.905 bits per heavy atom. The van der Waals surface area contributed by atoms with E-state index in [0.717, 1.165) is 11.1 Å². The number of halogens is 5. The summed E-state index contributed by atoms with van der Waals surface area (Å²) in [5, 5.41) is 0.971. The first kappa shape index (κ1) is 16.9. The molecule has 0 N–H and O–H groups in total. The van der Waals surface area contributed by atoms with E-state index in [2.05, 4.69) is 0 Å². The molecule has 0 saturated carbocycles. The van der Waals surface area contributed by atoms with Crippen molar-refractivity contribution in [3.8, 4) is 0 Å². The van der Waals surface area contributed by atoms with Crippen LogP contribution in [0.25, 0.3) is 0 Å². The molecule has 0 fully saturated rings. The van der Waals surface area contributed by atoms with Crippen molar-refractivity contribution in [2.75, 3.05) is 11.8 Å². The molecular formula is C16H13Cl4F. The van der Waals surface area contributed by atoms with E-state index in [1.165, 1.54) is 12.1 Å². The zero-order valence-electron chi connectivity index (χ0n) is 11.1. The van der Waals surface area contributed by atoms with Gasteiger partial charge in [-0.1, -0.05) is 47.5 Å². The van der Waals surface area contributed by atoms with E-state index in [0.29, 0.717) is 16.5 Å². The smallest absolute Gasteiger partial charge is 0.124 e. The summed E-state index contributed by atoms with van der Waals surface area (Å²) in [6.45, 7) is 0. The Hall–Kier alpha value is -0.470. The Morgan fingerprint density at radius 2 is 1.57 bits per heavy atom. The second-order valence-electron chi connectivity index (χ2n) is 4.94. The number of alkyl halides is 2. The fourth-order valence-corrected chi connectivity index (χ4v) is 3.62. The van der Waals surface area contributed by atoms with Gasteiger partial charge in [-0.25, -0.2) is 4.39 Å². The van der Waals surface area contributed by atoms with Crippen LogP contribution in [0.3, 0.4) is 0 Å². The molecule has 21 heavy (non-hydrogen) atoms. The Morgan fingerprint density at radius 3 is 2.14 bits per heavy atom. The van der Waals surface area contributed by atoms with Crippen molar-refractivity contribution in [1.82, 2.24) is 0 Å². The molecule has 0 amide bonds. The molecule has 0 aliphatic rings. The first-order valence-corrected chi connectivity index (χ1v) is 8.16. The highest BCUT2D eigenvalue weighted by Gasteiger charge is 2.33. The highest BCUT2D eigenvalue weighted by Crippen LogP contribution is 2.37.